The molecule has 3 fully saturated rings. The number of esters is 1. The fourth-order valence-corrected chi connectivity index (χ4v) is 6.91. The molecule has 39 heavy (non-hydrogen) atoms. The number of ether oxygens (including phenoxy) is 1. The number of rotatable bonds is 5. The number of methoxy groups -OCH3 is 1. The SMILES string of the molecule is COC(=O)C12CCC(NC(=O)c3nc4n(c3Cl)CCN(C(=O)Cn3c(=O)n(C)c5ccccc53)C4)(CC1)CC2. The van der Waals surface area contributed by atoms with Crippen molar-refractivity contribution >= 4 is 40.4 Å². The number of benzene rings is 1. The number of hydrogen-bond donors (Lipinski definition) is 1. The summed E-state index contributed by atoms with van der Waals surface area (Å²) in [7, 11) is 3.11. The van der Waals surface area contributed by atoms with Gasteiger partial charge in [0.1, 0.15) is 17.5 Å². The van der Waals surface area contributed by atoms with Crippen molar-refractivity contribution in [3.63, 3.8) is 0 Å². The summed E-state index contributed by atoms with van der Waals surface area (Å²) in [4.78, 5) is 57.8. The summed E-state index contributed by atoms with van der Waals surface area (Å²) in [5.74, 6) is -0.169. The zero-order valence-electron chi connectivity index (χ0n) is 22.0. The van der Waals surface area contributed by atoms with Crippen molar-refractivity contribution in [3.05, 3.63) is 51.4 Å². The van der Waals surface area contributed by atoms with Crippen LogP contribution in [0, 0.1) is 5.41 Å². The van der Waals surface area contributed by atoms with Crippen LogP contribution in [0.5, 0.6) is 0 Å². The minimum Gasteiger partial charge on any atom is -0.469 e. The minimum absolute atomic E-state index is 0.0858. The lowest BCUT2D eigenvalue weighted by Gasteiger charge is -2.51. The van der Waals surface area contributed by atoms with Gasteiger partial charge in [-0.05, 0) is 50.7 Å². The standard InChI is InChI=1S/C27H31ClN6O5/c1-31-17-5-3-4-6-18(17)34(25(31)38)16-20(35)32-13-14-33-19(15-32)29-21(22(33)28)23(36)30-27-10-7-26(8-11-27,9-12-27)24(37)39-2/h3-6H,7-16H2,1-2H3,(H,30,36). The molecule has 12 heteroatoms. The molecule has 0 atom stereocenters. The van der Waals surface area contributed by atoms with Gasteiger partial charge in [-0.1, -0.05) is 23.7 Å². The maximum Gasteiger partial charge on any atom is 0.329 e. The number of fused-ring (bicyclic) bond motifs is 5. The summed E-state index contributed by atoms with van der Waals surface area (Å²) in [6.45, 7) is 0.898. The third-order valence-corrected chi connectivity index (χ3v) is 9.45. The van der Waals surface area contributed by atoms with Crippen molar-refractivity contribution in [2.75, 3.05) is 13.7 Å². The van der Waals surface area contributed by atoms with Crippen molar-refractivity contribution in [2.24, 2.45) is 12.5 Å². The number of amides is 2. The van der Waals surface area contributed by atoms with Crippen LogP contribution in [-0.2, 0) is 41.0 Å². The van der Waals surface area contributed by atoms with E-state index in [1.54, 1.807) is 16.5 Å². The van der Waals surface area contributed by atoms with E-state index in [2.05, 4.69) is 10.3 Å². The van der Waals surface area contributed by atoms with Crippen molar-refractivity contribution in [1.29, 1.82) is 0 Å². The first kappa shape index (κ1) is 25.7. The molecule has 3 aromatic rings. The monoisotopic (exact) mass is 554 g/mol. The maximum atomic E-state index is 13.3. The third kappa shape index (κ3) is 4.05. The highest BCUT2D eigenvalue weighted by atomic mass is 35.5. The molecule has 206 valence electrons. The maximum absolute atomic E-state index is 13.3. The van der Waals surface area contributed by atoms with Crippen LogP contribution in [0.2, 0.25) is 5.15 Å². The number of halogens is 1. The lowest BCUT2D eigenvalue weighted by Crippen LogP contribution is -2.58. The molecule has 3 heterocycles. The average Bonchev–Trinajstić information content (AvgIpc) is 3.42. The largest absolute Gasteiger partial charge is 0.469 e. The van der Waals surface area contributed by atoms with Crippen LogP contribution in [-0.4, -0.2) is 60.6 Å². The van der Waals surface area contributed by atoms with E-state index < -0.39 is 5.41 Å². The zero-order chi connectivity index (χ0) is 27.5. The Morgan fingerprint density at radius 1 is 1.05 bits per heavy atom. The Morgan fingerprint density at radius 3 is 2.38 bits per heavy atom. The van der Waals surface area contributed by atoms with Crippen molar-refractivity contribution in [2.45, 2.75) is 63.7 Å². The summed E-state index contributed by atoms with van der Waals surface area (Å²) in [5, 5.41) is 3.44. The quantitative estimate of drug-likeness (QED) is 0.483. The summed E-state index contributed by atoms with van der Waals surface area (Å²) in [5.41, 5.74) is 0.550. The van der Waals surface area contributed by atoms with Gasteiger partial charge in [-0.15, -0.1) is 0 Å². The number of carbonyl (C=O) groups is 3. The molecule has 11 nitrogen and oxygen atoms in total. The topological polar surface area (TPSA) is 120 Å². The van der Waals surface area contributed by atoms with Crippen LogP contribution in [0.3, 0.4) is 0 Å². The lowest BCUT2D eigenvalue weighted by atomic mass is 9.57. The predicted molar refractivity (Wildman–Crippen MR) is 142 cm³/mol. The lowest BCUT2D eigenvalue weighted by molar-refractivity contribution is -0.160. The second-order valence-electron chi connectivity index (χ2n) is 11.1. The zero-order valence-corrected chi connectivity index (χ0v) is 22.8. The van der Waals surface area contributed by atoms with Crippen LogP contribution in [0.4, 0.5) is 0 Å². The van der Waals surface area contributed by atoms with Crippen molar-refractivity contribution in [3.8, 4) is 0 Å². The van der Waals surface area contributed by atoms with Gasteiger partial charge in [-0.25, -0.2) is 9.78 Å². The van der Waals surface area contributed by atoms with Gasteiger partial charge in [0.25, 0.3) is 5.91 Å². The Balaban J connectivity index is 1.16. The number of aromatic nitrogens is 4. The number of carbonyl (C=O) groups excluding carboxylic acids is 3. The van der Waals surface area contributed by atoms with Gasteiger partial charge in [0.2, 0.25) is 5.91 Å². The van der Waals surface area contributed by atoms with Gasteiger partial charge in [0.05, 0.1) is 30.1 Å². The molecular weight excluding hydrogens is 524 g/mol. The summed E-state index contributed by atoms with van der Waals surface area (Å²) in [6.07, 6.45) is 4.16. The Morgan fingerprint density at radius 2 is 1.72 bits per heavy atom. The number of imidazole rings is 2. The summed E-state index contributed by atoms with van der Waals surface area (Å²) >= 11 is 6.61. The molecule has 1 N–H and O–H groups in total. The number of para-hydroxylation sites is 2. The van der Waals surface area contributed by atoms with Gasteiger partial charge >= 0.3 is 11.7 Å². The fraction of sp³-hybridized carbons (Fsp3) is 0.519. The van der Waals surface area contributed by atoms with E-state index in [-0.39, 0.29) is 52.9 Å². The van der Waals surface area contributed by atoms with E-state index in [0.717, 1.165) is 5.52 Å². The highest BCUT2D eigenvalue weighted by Gasteiger charge is 2.53. The first-order valence-corrected chi connectivity index (χ1v) is 13.6. The number of hydrogen-bond acceptors (Lipinski definition) is 6. The van der Waals surface area contributed by atoms with E-state index in [4.69, 9.17) is 16.3 Å². The van der Waals surface area contributed by atoms with Gasteiger partial charge < -0.3 is 19.5 Å². The normalized spacial score (nSPS) is 24.0. The van der Waals surface area contributed by atoms with E-state index in [0.29, 0.717) is 63.0 Å². The second-order valence-corrected chi connectivity index (χ2v) is 11.4. The van der Waals surface area contributed by atoms with Gasteiger partial charge in [-0.2, -0.15) is 0 Å². The fourth-order valence-electron chi connectivity index (χ4n) is 6.60. The van der Waals surface area contributed by atoms with Gasteiger partial charge in [-0.3, -0.25) is 23.5 Å². The second kappa shape index (κ2) is 9.25. The van der Waals surface area contributed by atoms with Crippen LogP contribution in [0.1, 0.15) is 54.8 Å². The van der Waals surface area contributed by atoms with Crippen LogP contribution >= 0.6 is 11.6 Å². The molecule has 2 bridgehead atoms. The average molecular weight is 555 g/mol. The number of nitrogens with one attached hydrogen (secondary N) is 1. The molecule has 0 spiro atoms. The molecule has 1 aromatic carbocycles. The van der Waals surface area contributed by atoms with E-state index in [1.165, 1.54) is 16.2 Å². The summed E-state index contributed by atoms with van der Waals surface area (Å²) < 4.78 is 9.82. The highest BCUT2D eigenvalue weighted by Crippen LogP contribution is 2.53. The molecule has 0 radical (unpaired) electrons. The smallest absolute Gasteiger partial charge is 0.329 e. The molecular formula is C27H31ClN6O5. The third-order valence-electron chi connectivity index (χ3n) is 9.07. The molecule has 7 rings (SSSR count). The van der Waals surface area contributed by atoms with Gasteiger partial charge in [0.15, 0.2) is 5.69 Å². The Hall–Kier alpha value is -3.60. The number of nitrogens with zero attached hydrogens (tertiary/aromatic N) is 5. The molecule has 0 unspecified atom stereocenters. The van der Waals surface area contributed by atoms with Crippen LogP contribution in [0.15, 0.2) is 29.1 Å². The van der Waals surface area contributed by atoms with E-state index >= 15 is 0 Å². The van der Waals surface area contributed by atoms with Crippen molar-refractivity contribution in [1.82, 2.24) is 28.9 Å². The first-order valence-electron chi connectivity index (χ1n) is 13.2. The predicted octanol–water partition coefficient (Wildman–Crippen LogP) is 2.23. The molecule has 1 aliphatic heterocycles. The van der Waals surface area contributed by atoms with Crippen LogP contribution in [0.25, 0.3) is 11.0 Å². The molecule has 3 aliphatic carbocycles. The van der Waals surface area contributed by atoms with Crippen molar-refractivity contribution < 1.29 is 19.1 Å². The highest BCUT2D eigenvalue weighted by molar-refractivity contribution is 6.32. The molecule has 2 aromatic heterocycles. The Kier molecular flexibility index (Phi) is 6.09. The Labute approximate surface area is 229 Å². The number of aryl methyl sites for hydroxylation is 1. The minimum atomic E-state index is -0.431. The Bertz CT molecular complexity index is 1540. The summed E-state index contributed by atoms with van der Waals surface area (Å²) in [6, 6.07) is 7.36. The van der Waals surface area contributed by atoms with E-state index in [9.17, 15) is 19.2 Å². The molecule has 2 amide bonds. The molecule has 3 saturated carbocycles. The van der Waals surface area contributed by atoms with E-state index in [1.807, 2.05) is 24.3 Å². The van der Waals surface area contributed by atoms with Gasteiger partial charge in [0, 0.05) is 25.7 Å². The molecule has 4 aliphatic rings. The first-order chi connectivity index (χ1) is 18.7. The molecule has 0 saturated heterocycles. The van der Waals surface area contributed by atoms with Crippen LogP contribution < -0.4 is 11.0 Å².